The third kappa shape index (κ3) is 6.55. The Bertz CT molecular complexity index is 224. The van der Waals surface area contributed by atoms with Crippen LogP contribution in [-0.2, 0) is 9.53 Å². The molecule has 1 aliphatic rings. The molecule has 0 aromatic heterocycles. The number of hydrogen-bond donors (Lipinski definition) is 2. The molecule has 4 nitrogen and oxygen atoms in total. The zero-order valence-corrected chi connectivity index (χ0v) is 11.9. The molecule has 1 rings (SSSR count). The lowest BCUT2D eigenvalue weighted by molar-refractivity contribution is -0.123. The van der Waals surface area contributed by atoms with Gasteiger partial charge in [-0.3, -0.25) is 4.79 Å². The number of rotatable bonds is 7. The van der Waals surface area contributed by atoms with Gasteiger partial charge >= 0.3 is 0 Å². The lowest BCUT2D eigenvalue weighted by Crippen LogP contribution is -2.37. The Morgan fingerprint density at radius 1 is 1.59 bits per heavy atom. The highest BCUT2D eigenvalue weighted by molar-refractivity contribution is 8.06. The zero-order chi connectivity index (χ0) is 12.5. The summed E-state index contributed by atoms with van der Waals surface area (Å²) in [5, 5.41) is 3.52. The van der Waals surface area contributed by atoms with E-state index in [0.29, 0.717) is 24.8 Å². The lowest BCUT2D eigenvalue weighted by Gasteiger charge is -2.21. The first kappa shape index (κ1) is 15.1. The molecular weight excluding hydrogens is 256 g/mol. The molecule has 2 atom stereocenters. The number of hydrogen-bond acceptors (Lipinski definition) is 5. The molecule has 0 aromatic rings. The minimum absolute atomic E-state index is 0.0464. The van der Waals surface area contributed by atoms with Crippen LogP contribution in [0.15, 0.2) is 0 Å². The number of nitrogens with two attached hydrogens (primary N) is 1. The molecule has 100 valence electrons. The molecule has 2 unspecified atom stereocenters. The zero-order valence-electron chi connectivity index (χ0n) is 10.3. The Labute approximate surface area is 112 Å². The molecule has 0 saturated carbocycles. The number of thioether (sulfide) groups is 2. The highest BCUT2D eigenvalue weighted by atomic mass is 32.2. The summed E-state index contributed by atoms with van der Waals surface area (Å²) in [5.74, 6) is 3.60. The van der Waals surface area contributed by atoms with Gasteiger partial charge < -0.3 is 15.8 Å². The predicted molar refractivity (Wildman–Crippen MR) is 75.7 cm³/mol. The summed E-state index contributed by atoms with van der Waals surface area (Å²) in [6.07, 6.45) is 0.225. The van der Waals surface area contributed by atoms with Crippen LogP contribution in [0, 0.1) is 0 Å². The van der Waals surface area contributed by atoms with Crippen molar-refractivity contribution >= 4 is 29.4 Å². The SMILES string of the molecule is CCOC(CN)CC(=O)NCC1CSCCS1. The van der Waals surface area contributed by atoms with Crippen LogP contribution in [0.25, 0.3) is 0 Å². The summed E-state index contributed by atoms with van der Waals surface area (Å²) in [6, 6.07) is 0. The Morgan fingerprint density at radius 3 is 3.00 bits per heavy atom. The molecule has 1 aliphatic heterocycles. The van der Waals surface area contributed by atoms with Gasteiger partial charge in [-0.05, 0) is 6.92 Å². The van der Waals surface area contributed by atoms with Crippen LogP contribution in [-0.4, -0.2) is 54.2 Å². The lowest BCUT2D eigenvalue weighted by atomic mass is 10.2. The van der Waals surface area contributed by atoms with Crippen molar-refractivity contribution in [3.05, 3.63) is 0 Å². The normalized spacial score (nSPS) is 22.1. The molecule has 0 spiro atoms. The van der Waals surface area contributed by atoms with Crippen molar-refractivity contribution in [3.63, 3.8) is 0 Å². The molecule has 17 heavy (non-hydrogen) atoms. The minimum atomic E-state index is -0.145. The maximum absolute atomic E-state index is 11.7. The minimum Gasteiger partial charge on any atom is -0.377 e. The molecule has 0 aromatic carbocycles. The number of ether oxygens (including phenoxy) is 1. The van der Waals surface area contributed by atoms with E-state index in [9.17, 15) is 4.79 Å². The number of nitrogens with one attached hydrogen (secondary N) is 1. The standard InChI is InChI=1S/C11H22N2O2S2/c1-2-15-9(6-12)5-11(14)13-7-10-8-16-3-4-17-10/h9-10H,2-8,12H2,1H3,(H,13,14). The monoisotopic (exact) mass is 278 g/mol. The number of amides is 1. The first-order valence-corrected chi connectivity index (χ1v) is 8.24. The van der Waals surface area contributed by atoms with E-state index in [4.69, 9.17) is 10.5 Å². The van der Waals surface area contributed by atoms with Crippen molar-refractivity contribution < 1.29 is 9.53 Å². The van der Waals surface area contributed by atoms with Crippen molar-refractivity contribution in [2.45, 2.75) is 24.7 Å². The molecule has 3 N–H and O–H groups in total. The van der Waals surface area contributed by atoms with Gasteiger partial charge in [-0.1, -0.05) is 0 Å². The first-order valence-electron chi connectivity index (χ1n) is 6.04. The van der Waals surface area contributed by atoms with Crippen LogP contribution in [0.5, 0.6) is 0 Å². The topological polar surface area (TPSA) is 64.3 Å². The second kappa shape index (κ2) is 9.08. The summed E-state index contributed by atoms with van der Waals surface area (Å²) in [4.78, 5) is 11.7. The smallest absolute Gasteiger partial charge is 0.222 e. The average molecular weight is 278 g/mol. The van der Waals surface area contributed by atoms with Gasteiger partial charge in [0.1, 0.15) is 0 Å². The van der Waals surface area contributed by atoms with Gasteiger partial charge in [0.2, 0.25) is 5.91 Å². The predicted octanol–water partition coefficient (Wildman–Crippen LogP) is 0.705. The Kier molecular flexibility index (Phi) is 8.09. The van der Waals surface area contributed by atoms with Gasteiger partial charge in [-0.15, -0.1) is 0 Å². The highest BCUT2D eigenvalue weighted by Gasteiger charge is 2.17. The second-order valence-electron chi connectivity index (χ2n) is 3.89. The number of carbonyl (C=O) groups excluding carboxylic acids is 1. The summed E-state index contributed by atoms with van der Waals surface area (Å²) >= 11 is 3.91. The first-order chi connectivity index (χ1) is 8.26. The molecule has 0 aliphatic carbocycles. The van der Waals surface area contributed by atoms with E-state index < -0.39 is 0 Å². The van der Waals surface area contributed by atoms with Crippen LogP contribution >= 0.6 is 23.5 Å². The van der Waals surface area contributed by atoms with Crippen LogP contribution in [0.1, 0.15) is 13.3 Å². The van der Waals surface area contributed by atoms with E-state index in [0.717, 1.165) is 12.3 Å². The fourth-order valence-corrected chi connectivity index (χ4v) is 4.22. The molecule has 1 amide bonds. The molecule has 0 radical (unpaired) electrons. The van der Waals surface area contributed by atoms with Crippen LogP contribution in [0.3, 0.4) is 0 Å². The maximum Gasteiger partial charge on any atom is 0.222 e. The second-order valence-corrected chi connectivity index (χ2v) is 6.45. The van der Waals surface area contributed by atoms with Crippen LogP contribution in [0.2, 0.25) is 0 Å². The van der Waals surface area contributed by atoms with Gasteiger partial charge in [0, 0.05) is 42.2 Å². The van der Waals surface area contributed by atoms with Crippen molar-refractivity contribution in [1.29, 1.82) is 0 Å². The van der Waals surface area contributed by atoms with Crippen molar-refractivity contribution in [1.82, 2.24) is 5.32 Å². The van der Waals surface area contributed by atoms with Crippen molar-refractivity contribution in [2.24, 2.45) is 5.73 Å². The van der Waals surface area contributed by atoms with Crippen LogP contribution in [0.4, 0.5) is 0 Å². The summed E-state index contributed by atoms with van der Waals surface area (Å²) in [5.41, 5.74) is 5.53. The van der Waals surface area contributed by atoms with Gasteiger partial charge in [0.05, 0.1) is 12.5 Å². The van der Waals surface area contributed by atoms with Crippen molar-refractivity contribution in [3.8, 4) is 0 Å². The van der Waals surface area contributed by atoms with Gasteiger partial charge in [0.25, 0.3) is 0 Å². The molecule has 0 bridgehead atoms. The summed E-state index contributed by atoms with van der Waals surface area (Å²) in [6.45, 7) is 3.68. The van der Waals surface area contributed by atoms with E-state index in [1.54, 1.807) is 0 Å². The Morgan fingerprint density at radius 2 is 2.41 bits per heavy atom. The van der Waals surface area contributed by atoms with E-state index >= 15 is 0 Å². The Hall–Kier alpha value is 0.0900. The summed E-state index contributed by atoms with van der Waals surface area (Å²) in [7, 11) is 0. The molecule has 1 fully saturated rings. The third-order valence-electron chi connectivity index (χ3n) is 2.49. The van der Waals surface area contributed by atoms with Gasteiger partial charge in [-0.25, -0.2) is 0 Å². The fourth-order valence-electron chi connectivity index (χ4n) is 1.61. The molecular formula is C11H22N2O2S2. The fraction of sp³-hybridized carbons (Fsp3) is 0.909. The largest absolute Gasteiger partial charge is 0.377 e. The van der Waals surface area contributed by atoms with Gasteiger partial charge in [0.15, 0.2) is 0 Å². The quantitative estimate of drug-likeness (QED) is 0.718. The third-order valence-corrected chi connectivity index (χ3v) is 5.34. The van der Waals surface area contributed by atoms with E-state index in [-0.39, 0.29) is 12.0 Å². The maximum atomic E-state index is 11.7. The van der Waals surface area contributed by atoms with Gasteiger partial charge in [-0.2, -0.15) is 23.5 Å². The van der Waals surface area contributed by atoms with Crippen molar-refractivity contribution in [2.75, 3.05) is 37.0 Å². The van der Waals surface area contributed by atoms with E-state index in [1.165, 1.54) is 11.5 Å². The van der Waals surface area contributed by atoms with Crippen LogP contribution < -0.4 is 11.1 Å². The molecule has 1 heterocycles. The molecule has 6 heteroatoms. The van der Waals surface area contributed by atoms with E-state index in [2.05, 4.69) is 5.32 Å². The average Bonchev–Trinajstić information content (AvgIpc) is 2.37. The number of carbonyl (C=O) groups is 1. The highest BCUT2D eigenvalue weighted by Crippen LogP contribution is 2.23. The summed E-state index contributed by atoms with van der Waals surface area (Å²) < 4.78 is 5.36. The Balaban J connectivity index is 2.14. The molecule has 1 saturated heterocycles. The van der Waals surface area contributed by atoms with E-state index in [1.807, 2.05) is 30.4 Å².